The number of nitrogens with zero attached hydrogens (tertiary/aromatic N) is 4. The monoisotopic (exact) mass is 432 g/mol. The molecule has 1 fully saturated rings. The van der Waals surface area contributed by atoms with Crippen molar-refractivity contribution in [3.8, 4) is 11.3 Å². The van der Waals surface area contributed by atoms with Gasteiger partial charge in [0.05, 0.1) is 30.3 Å². The number of pyridine rings is 1. The summed E-state index contributed by atoms with van der Waals surface area (Å²) in [5.74, 6) is 3.80. The van der Waals surface area contributed by atoms with Crippen LogP contribution in [-0.2, 0) is 21.0 Å². The highest BCUT2D eigenvalue weighted by Crippen LogP contribution is 2.29. The number of hydrogen-bond donors (Lipinski definition) is 0. The molecule has 8 heteroatoms. The standard InChI is InChI=1S/C21H25ClN4O2S/c1-24(29(2,3)27)18-8-9-20-23-21(16-4-6-17(22)7-5-16)19(26(20)14-18)15-25-10-12-28-13-11-25/h4-9,14H,2,10-13,15H2,1,3H3. The van der Waals surface area contributed by atoms with Crippen molar-refractivity contribution in [2.45, 2.75) is 6.54 Å². The number of anilines is 1. The molecule has 6 nitrogen and oxygen atoms in total. The van der Waals surface area contributed by atoms with Crippen LogP contribution in [-0.4, -0.2) is 64.0 Å². The summed E-state index contributed by atoms with van der Waals surface area (Å²) in [6.07, 6.45) is 3.63. The Morgan fingerprint density at radius 1 is 1.21 bits per heavy atom. The Morgan fingerprint density at radius 2 is 1.90 bits per heavy atom. The maximum absolute atomic E-state index is 12.4. The first kappa shape index (κ1) is 20.2. The molecule has 2 aromatic heterocycles. The number of halogens is 1. The number of fused-ring (bicyclic) bond motifs is 1. The number of benzene rings is 1. The molecular weight excluding hydrogens is 408 g/mol. The summed E-state index contributed by atoms with van der Waals surface area (Å²) in [6, 6.07) is 11.6. The molecule has 3 heterocycles. The Hall–Kier alpha value is -2.06. The Labute approximate surface area is 176 Å². The van der Waals surface area contributed by atoms with Crippen LogP contribution in [0.1, 0.15) is 5.69 Å². The second kappa shape index (κ2) is 7.99. The van der Waals surface area contributed by atoms with E-state index in [1.165, 1.54) is 0 Å². The van der Waals surface area contributed by atoms with Gasteiger partial charge in [0.15, 0.2) is 0 Å². The lowest BCUT2D eigenvalue weighted by molar-refractivity contribution is 0.0336. The van der Waals surface area contributed by atoms with Crippen LogP contribution in [0.2, 0.25) is 5.02 Å². The zero-order valence-electron chi connectivity index (χ0n) is 16.7. The number of ether oxygens (including phenoxy) is 1. The van der Waals surface area contributed by atoms with Crippen LogP contribution < -0.4 is 4.31 Å². The topological polar surface area (TPSA) is 50.1 Å². The normalized spacial score (nSPS) is 17.3. The van der Waals surface area contributed by atoms with Gasteiger partial charge in [-0.15, -0.1) is 0 Å². The number of rotatable bonds is 5. The van der Waals surface area contributed by atoms with Gasteiger partial charge in [0.1, 0.15) is 5.65 Å². The van der Waals surface area contributed by atoms with E-state index >= 15 is 0 Å². The smallest absolute Gasteiger partial charge is 0.137 e. The lowest BCUT2D eigenvalue weighted by Crippen LogP contribution is -2.36. The van der Waals surface area contributed by atoms with E-state index in [1.54, 1.807) is 17.6 Å². The fourth-order valence-electron chi connectivity index (χ4n) is 3.45. The Balaban J connectivity index is 1.84. The van der Waals surface area contributed by atoms with Crippen LogP contribution >= 0.6 is 11.6 Å². The maximum atomic E-state index is 12.4. The molecule has 29 heavy (non-hydrogen) atoms. The van der Waals surface area contributed by atoms with E-state index in [9.17, 15) is 4.21 Å². The molecule has 1 unspecified atom stereocenters. The van der Waals surface area contributed by atoms with Crippen molar-refractivity contribution in [1.29, 1.82) is 0 Å². The highest BCUT2D eigenvalue weighted by atomic mass is 35.5. The zero-order valence-corrected chi connectivity index (χ0v) is 18.2. The quantitative estimate of drug-likeness (QED) is 0.581. The Bertz CT molecular complexity index is 1120. The summed E-state index contributed by atoms with van der Waals surface area (Å²) >= 11 is 6.09. The van der Waals surface area contributed by atoms with E-state index < -0.39 is 9.71 Å². The van der Waals surface area contributed by atoms with E-state index in [4.69, 9.17) is 21.3 Å². The molecule has 0 bridgehead atoms. The molecular formula is C21H25ClN4O2S. The highest BCUT2D eigenvalue weighted by molar-refractivity contribution is 8.00. The van der Waals surface area contributed by atoms with E-state index in [-0.39, 0.29) is 0 Å². The maximum Gasteiger partial charge on any atom is 0.137 e. The lowest BCUT2D eigenvalue weighted by Gasteiger charge is -2.27. The summed E-state index contributed by atoms with van der Waals surface area (Å²) in [5, 5.41) is 0.698. The Kier molecular flexibility index (Phi) is 5.57. The molecule has 3 aromatic rings. The summed E-state index contributed by atoms with van der Waals surface area (Å²) in [7, 11) is -0.556. The first-order valence-corrected chi connectivity index (χ1v) is 11.9. The first-order valence-electron chi connectivity index (χ1n) is 9.46. The third-order valence-corrected chi connectivity index (χ3v) is 6.86. The van der Waals surface area contributed by atoms with Crippen molar-refractivity contribution in [3.63, 3.8) is 0 Å². The molecule has 0 radical (unpaired) electrons. The van der Waals surface area contributed by atoms with Gasteiger partial charge in [0.25, 0.3) is 0 Å². The van der Waals surface area contributed by atoms with Crippen molar-refractivity contribution >= 4 is 38.5 Å². The minimum atomic E-state index is -2.36. The largest absolute Gasteiger partial charge is 0.379 e. The second-order valence-electron chi connectivity index (χ2n) is 7.37. The molecule has 1 aliphatic rings. The molecule has 0 saturated carbocycles. The fourth-order valence-corrected chi connectivity index (χ4v) is 4.13. The summed E-state index contributed by atoms with van der Waals surface area (Å²) < 4.78 is 21.7. The van der Waals surface area contributed by atoms with Gasteiger partial charge in [-0.2, -0.15) is 0 Å². The molecule has 1 aliphatic heterocycles. The van der Waals surface area contributed by atoms with Crippen LogP contribution in [0.25, 0.3) is 16.9 Å². The van der Waals surface area contributed by atoms with Crippen LogP contribution in [0.3, 0.4) is 0 Å². The molecule has 0 N–H and O–H groups in total. The Morgan fingerprint density at radius 3 is 2.55 bits per heavy atom. The predicted molar refractivity (Wildman–Crippen MR) is 121 cm³/mol. The van der Waals surface area contributed by atoms with Gasteiger partial charge in [0, 0.05) is 59.4 Å². The van der Waals surface area contributed by atoms with Crippen molar-refractivity contribution in [2.75, 3.05) is 43.9 Å². The van der Waals surface area contributed by atoms with Gasteiger partial charge in [-0.3, -0.25) is 9.30 Å². The van der Waals surface area contributed by atoms with Gasteiger partial charge >= 0.3 is 0 Å². The summed E-state index contributed by atoms with van der Waals surface area (Å²) in [4.78, 5) is 7.27. The predicted octanol–water partition coefficient (Wildman–Crippen LogP) is 3.18. The van der Waals surface area contributed by atoms with Crippen LogP contribution in [0.4, 0.5) is 5.69 Å². The van der Waals surface area contributed by atoms with Gasteiger partial charge < -0.3 is 9.04 Å². The summed E-state index contributed by atoms with van der Waals surface area (Å²) in [5.41, 5.74) is 4.73. The number of imidazole rings is 1. The summed E-state index contributed by atoms with van der Waals surface area (Å²) in [6.45, 7) is 3.99. The first-order chi connectivity index (χ1) is 13.8. The minimum Gasteiger partial charge on any atom is -0.379 e. The van der Waals surface area contributed by atoms with Crippen molar-refractivity contribution in [1.82, 2.24) is 14.3 Å². The number of aromatic nitrogens is 2. The van der Waals surface area contributed by atoms with Crippen molar-refractivity contribution < 1.29 is 8.95 Å². The average molecular weight is 433 g/mol. The molecule has 4 rings (SSSR count). The number of morpholine rings is 1. The van der Waals surface area contributed by atoms with Gasteiger partial charge in [-0.25, -0.2) is 9.19 Å². The molecule has 0 amide bonds. The zero-order chi connectivity index (χ0) is 20.6. The molecule has 154 valence electrons. The van der Waals surface area contributed by atoms with Gasteiger partial charge in [-0.1, -0.05) is 23.7 Å². The number of hydrogen-bond acceptors (Lipinski definition) is 4. The van der Waals surface area contributed by atoms with E-state index in [1.807, 2.05) is 42.6 Å². The van der Waals surface area contributed by atoms with Crippen molar-refractivity contribution in [3.05, 3.63) is 53.3 Å². The lowest BCUT2D eigenvalue weighted by atomic mass is 10.1. The fraction of sp³-hybridized carbons (Fsp3) is 0.333. The molecule has 1 aromatic carbocycles. The molecule has 1 saturated heterocycles. The molecule has 0 aliphatic carbocycles. The van der Waals surface area contributed by atoms with Gasteiger partial charge in [0.2, 0.25) is 0 Å². The minimum absolute atomic E-state index is 0.698. The van der Waals surface area contributed by atoms with Crippen molar-refractivity contribution in [2.24, 2.45) is 0 Å². The molecule has 1 atom stereocenters. The van der Waals surface area contributed by atoms with Gasteiger partial charge in [-0.05, 0) is 30.1 Å². The SMILES string of the molecule is C=S(C)(=O)N(C)c1ccc2nc(-c3ccc(Cl)cc3)c(CN3CCOCC3)n2c1. The van der Waals surface area contributed by atoms with E-state index in [0.29, 0.717) is 5.02 Å². The molecule has 0 spiro atoms. The van der Waals surface area contributed by atoms with Crippen LogP contribution in [0.15, 0.2) is 42.6 Å². The third kappa shape index (κ3) is 4.28. The second-order valence-corrected chi connectivity index (χ2v) is 10.3. The van der Waals surface area contributed by atoms with Crippen LogP contribution in [0, 0.1) is 0 Å². The van der Waals surface area contributed by atoms with E-state index in [2.05, 4.69) is 15.2 Å². The van der Waals surface area contributed by atoms with Crippen LogP contribution in [0.5, 0.6) is 0 Å². The average Bonchev–Trinajstić information content (AvgIpc) is 3.06. The highest BCUT2D eigenvalue weighted by Gasteiger charge is 2.20. The van der Waals surface area contributed by atoms with E-state index in [0.717, 1.165) is 61.1 Å². The third-order valence-electron chi connectivity index (χ3n) is 5.24.